The molecule has 0 aliphatic carbocycles. The van der Waals surface area contributed by atoms with E-state index >= 15 is 0 Å². The number of aromatic nitrogens is 2. The molecule has 6 nitrogen and oxygen atoms in total. The number of nitrogens with zero attached hydrogens (tertiary/aromatic N) is 2. The Hall–Kier alpha value is -2.15. The number of hydrogen-bond acceptors (Lipinski definition) is 5. The molecular weight excluding hydrogens is 264 g/mol. The summed E-state index contributed by atoms with van der Waals surface area (Å²) in [5.74, 6) is 0.610. The van der Waals surface area contributed by atoms with Gasteiger partial charge in [-0.15, -0.1) is 0 Å². The van der Waals surface area contributed by atoms with E-state index in [9.17, 15) is 8.42 Å². The first-order valence-corrected chi connectivity index (χ1v) is 7.09. The van der Waals surface area contributed by atoms with Gasteiger partial charge in [-0.3, -0.25) is 9.71 Å². The van der Waals surface area contributed by atoms with E-state index in [0.29, 0.717) is 11.5 Å². The normalized spacial score (nSPS) is 11.1. The van der Waals surface area contributed by atoms with E-state index in [0.717, 1.165) is 5.69 Å². The van der Waals surface area contributed by atoms with E-state index in [1.165, 1.54) is 12.3 Å². The molecule has 0 fully saturated rings. The summed E-state index contributed by atoms with van der Waals surface area (Å²) >= 11 is 0. The van der Waals surface area contributed by atoms with E-state index in [-0.39, 0.29) is 4.90 Å². The van der Waals surface area contributed by atoms with Crippen molar-refractivity contribution in [1.82, 2.24) is 9.97 Å². The van der Waals surface area contributed by atoms with Gasteiger partial charge in [0.1, 0.15) is 10.7 Å². The first kappa shape index (κ1) is 13.3. The van der Waals surface area contributed by atoms with Crippen molar-refractivity contribution in [2.75, 3.05) is 17.1 Å². The second kappa shape index (κ2) is 5.23. The van der Waals surface area contributed by atoms with Gasteiger partial charge in [-0.25, -0.2) is 13.4 Å². The first-order chi connectivity index (χ1) is 9.01. The molecule has 7 heteroatoms. The lowest BCUT2D eigenvalue weighted by Gasteiger charge is -2.08. The first-order valence-electron chi connectivity index (χ1n) is 5.60. The van der Waals surface area contributed by atoms with Gasteiger partial charge in [0.25, 0.3) is 10.0 Å². The van der Waals surface area contributed by atoms with Crippen LogP contribution in [0.3, 0.4) is 0 Å². The van der Waals surface area contributed by atoms with Crippen LogP contribution in [0.5, 0.6) is 0 Å². The zero-order chi connectivity index (χ0) is 13.9. The van der Waals surface area contributed by atoms with Gasteiger partial charge in [0, 0.05) is 25.1 Å². The monoisotopic (exact) mass is 278 g/mol. The molecule has 0 spiro atoms. The van der Waals surface area contributed by atoms with E-state index in [1.807, 2.05) is 0 Å². The lowest BCUT2D eigenvalue weighted by molar-refractivity contribution is 0.601. The summed E-state index contributed by atoms with van der Waals surface area (Å²) in [5, 5.41) is 2.83. The Bertz CT molecular complexity index is 668. The Labute approximate surface area is 112 Å². The predicted octanol–water partition coefficient (Wildman–Crippen LogP) is 1.63. The molecule has 0 saturated heterocycles. The third-order valence-electron chi connectivity index (χ3n) is 2.45. The molecule has 2 rings (SSSR count). The van der Waals surface area contributed by atoms with Gasteiger partial charge < -0.3 is 5.32 Å². The van der Waals surface area contributed by atoms with Crippen molar-refractivity contribution in [3.63, 3.8) is 0 Å². The maximum absolute atomic E-state index is 12.1. The van der Waals surface area contributed by atoms with Crippen LogP contribution in [0.25, 0.3) is 0 Å². The van der Waals surface area contributed by atoms with E-state index in [4.69, 9.17) is 0 Å². The minimum absolute atomic E-state index is 0.112. The Morgan fingerprint density at radius 1 is 1.16 bits per heavy atom. The smallest absolute Gasteiger partial charge is 0.263 e. The molecular formula is C12H14N4O2S. The second-order valence-corrected chi connectivity index (χ2v) is 5.60. The SMILES string of the molecule is CNc1ccc(S(=O)(=O)Nc2ccnc(C)c2)cn1. The van der Waals surface area contributed by atoms with Gasteiger partial charge in [0.05, 0.1) is 5.69 Å². The van der Waals surface area contributed by atoms with Crippen LogP contribution in [0.2, 0.25) is 0 Å². The Balaban J connectivity index is 2.27. The lowest BCUT2D eigenvalue weighted by Crippen LogP contribution is -2.13. The maximum atomic E-state index is 12.1. The van der Waals surface area contributed by atoms with E-state index in [2.05, 4.69) is 20.0 Å². The number of nitrogens with one attached hydrogen (secondary N) is 2. The van der Waals surface area contributed by atoms with Crippen LogP contribution in [-0.4, -0.2) is 25.4 Å². The molecule has 2 heterocycles. The quantitative estimate of drug-likeness (QED) is 0.888. The molecule has 0 amide bonds. The third-order valence-corrected chi connectivity index (χ3v) is 3.82. The molecule has 2 N–H and O–H groups in total. The van der Waals surface area contributed by atoms with Gasteiger partial charge in [-0.05, 0) is 31.2 Å². The fourth-order valence-corrected chi connectivity index (χ4v) is 2.50. The van der Waals surface area contributed by atoms with Crippen molar-refractivity contribution in [3.8, 4) is 0 Å². The van der Waals surface area contributed by atoms with Crippen molar-refractivity contribution < 1.29 is 8.42 Å². The molecule has 0 radical (unpaired) electrons. The maximum Gasteiger partial charge on any atom is 0.263 e. The van der Waals surface area contributed by atoms with E-state index < -0.39 is 10.0 Å². The minimum Gasteiger partial charge on any atom is -0.373 e. The summed E-state index contributed by atoms with van der Waals surface area (Å²) in [5.41, 5.74) is 1.22. The number of rotatable bonds is 4. The van der Waals surface area contributed by atoms with Crippen LogP contribution in [0.15, 0.2) is 41.6 Å². The van der Waals surface area contributed by atoms with Crippen molar-refractivity contribution in [1.29, 1.82) is 0 Å². The summed E-state index contributed by atoms with van der Waals surface area (Å²) in [7, 11) is -1.91. The summed E-state index contributed by atoms with van der Waals surface area (Å²) < 4.78 is 26.7. The Morgan fingerprint density at radius 3 is 2.53 bits per heavy atom. The van der Waals surface area contributed by atoms with Crippen LogP contribution < -0.4 is 10.0 Å². The fraction of sp³-hybridized carbons (Fsp3) is 0.167. The number of hydrogen-bond donors (Lipinski definition) is 2. The van der Waals surface area contributed by atoms with Gasteiger partial charge in [0.2, 0.25) is 0 Å². The molecule has 0 aliphatic heterocycles. The highest BCUT2D eigenvalue weighted by Gasteiger charge is 2.14. The molecule has 0 aliphatic rings. The Kier molecular flexibility index (Phi) is 3.66. The highest BCUT2D eigenvalue weighted by Crippen LogP contribution is 2.16. The van der Waals surface area contributed by atoms with Crippen LogP contribution in [0.4, 0.5) is 11.5 Å². The predicted molar refractivity (Wildman–Crippen MR) is 73.6 cm³/mol. The van der Waals surface area contributed by atoms with Crippen LogP contribution in [0.1, 0.15) is 5.69 Å². The second-order valence-electron chi connectivity index (χ2n) is 3.92. The molecule has 2 aromatic rings. The highest BCUT2D eigenvalue weighted by molar-refractivity contribution is 7.92. The molecule has 0 unspecified atom stereocenters. The van der Waals surface area contributed by atoms with Gasteiger partial charge >= 0.3 is 0 Å². The van der Waals surface area contributed by atoms with Crippen molar-refractivity contribution in [2.45, 2.75) is 11.8 Å². The average molecular weight is 278 g/mol. The topological polar surface area (TPSA) is 84.0 Å². The molecule has 0 aromatic carbocycles. The fourth-order valence-electron chi connectivity index (χ4n) is 1.51. The minimum atomic E-state index is -3.62. The third kappa shape index (κ3) is 3.19. The number of anilines is 2. The average Bonchev–Trinajstić information content (AvgIpc) is 2.38. The van der Waals surface area contributed by atoms with Crippen LogP contribution >= 0.6 is 0 Å². The molecule has 19 heavy (non-hydrogen) atoms. The zero-order valence-corrected chi connectivity index (χ0v) is 11.4. The van der Waals surface area contributed by atoms with Gasteiger partial charge in [-0.1, -0.05) is 0 Å². The largest absolute Gasteiger partial charge is 0.373 e. The van der Waals surface area contributed by atoms with Gasteiger partial charge in [0.15, 0.2) is 0 Å². The van der Waals surface area contributed by atoms with Crippen molar-refractivity contribution in [3.05, 3.63) is 42.4 Å². The van der Waals surface area contributed by atoms with Crippen molar-refractivity contribution >= 4 is 21.5 Å². The van der Waals surface area contributed by atoms with Gasteiger partial charge in [-0.2, -0.15) is 0 Å². The van der Waals surface area contributed by atoms with E-state index in [1.54, 1.807) is 38.4 Å². The number of pyridine rings is 2. The molecule has 0 atom stereocenters. The lowest BCUT2D eigenvalue weighted by atomic mass is 10.3. The Morgan fingerprint density at radius 2 is 1.95 bits per heavy atom. The molecule has 100 valence electrons. The zero-order valence-electron chi connectivity index (χ0n) is 10.6. The molecule has 0 bridgehead atoms. The number of aryl methyl sites for hydroxylation is 1. The van der Waals surface area contributed by atoms with Crippen LogP contribution in [0, 0.1) is 6.92 Å². The van der Waals surface area contributed by atoms with Crippen molar-refractivity contribution in [2.24, 2.45) is 0 Å². The summed E-state index contributed by atoms with van der Waals surface area (Å²) in [6, 6.07) is 6.36. The summed E-state index contributed by atoms with van der Waals surface area (Å²) in [6.45, 7) is 1.79. The standard InChI is InChI=1S/C12H14N4O2S/c1-9-7-10(5-6-14-9)16-19(17,18)11-3-4-12(13-2)15-8-11/h3-8H,1-2H3,(H,13,15)(H,14,16). The highest BCUT2D eigenvalue weighted by atomic mass is 32.2. The summed E-state index contributed by atoms with van der Waals surface area (Å²) in [6.07, 6.45) is 2.86. The number of sulfonamides is 1. The summed E-state index contributed by atoms with van der Waals surface area (Å²) in [4.78, 5) is 8.10. The molecule has 2 aromatic heterocycles. The molecule has 0 saturated carbocycles. The van der Waals surface area contributed by atoms with Crippen LogP contribution in [-0.2, 0) is 10.0 Å².